The zero-order chi connectivity index (χ0) is 75.0. The zero-order valence-corrected chi connectivity index (χ0v) is 64.9. The van der Waals surface area contributed by atoms with Crippen molar-refractivity contribution in [3.05, 3.63) is 362 Å². The van der Waals surface area contributed by atoms with Crippen molar-refractivity contribution in [1.29, 1.82) is 0 Å². The van der Waals surface area contributed by atoms with Gasteiger partial charge < -0.3 is 0 Å². The molecule has 0 aliphatic heterocycles. The van der Waals surface area contributed by atoms with Crippen molar-refractivity contribution in [2.24, 2.45) is 0 Å². The lowest BCUT2D eigenvalue weighted by atomic mass is 9.78. The first-order chi connectivity index (χ1) is 53.4. The molecule has 0 nitrogen and oxygen atoms in total. The molecule has 0 radical (unpaired) electrons. The van der Waals surface area contributed by atoms with Crippen molar-refractivity contribution in [2.75, 3.05) is 0 Å². The molecule has 0 bridgehead atoms. The summed E-state index contributed by atoms with van der Waals surface area (Å²) < 4.78 is 0. The summed E-state index contributed by atoms with van der Waals surface area (Å²) >= 11 is 0. The van der Waals surface area contributed by atoms with Gasteiger partial charge in [-0.1, -0.05) is 391 Å². The van der Waals surface area contributed by atoms with E-state index in [0.29, 0.717) is 5.92 Å². The summed E-state index contributed by atoms with van der Waals surface area (Å²) in [5, 5.41) is 20.6. The largest absolute Gasteiger partial charge is 0.0616 e. The van der Waals surface area contributed by atoms with Crippen molar-refractivity contribution < 1.29 is 0 Å². The van der Waals surface area contributed by atoms with Crippen molar-refractivity contribution >= 4 is 86.2 Å². The Labute approximate surface area is 649 Å². The van der Waals surface area contributed by atoms with Crippen LogP contribution in [0, 0.1) is 0 Å². The Morgan fingerprint density at radius 3 is 0.982 bits per heavy atom. The van der Waals surface area contributed by atoms with Crippen LogP contribution in [0.3, 0.4) is 0 Å². The van der Waals surface area contributed by atoms with E-state index >= 15 is 0 Å². The maximum atomic E-state index is 2.57. The molecule has 0 heterocycles. The Hall–Kier alpha value is -12.0. The second kappa shape index (κ2) is 28.2. The molecule has 1 fully saturated rings. The minimum Gasteiger partial charge on any atom is -0.0616 e. The van der Waals surface area contributed by atoms with E-state index in [1.165, 1.54) is 230 Å². The summed E-state index contributed by atoms with van der Waals surface area (Å²) in [7, 11) is 0. The predicted octanol–water partition coefficient (Wildman–Crippen LogP) is 31.9. The van der Waals surface area contributed by atoms with Crippen LogP contribution in [0.5, 0.6) is 0 Å². The molecule has 110 heavy (non-hydrogen) atoms. The van der Waals surface area contributed by atoms with Gasteiger partial charge in [0.2, 0.25) is 0 Å². The number of hydrogen-bond acceptors (Lipinski definition) is 0. The lowest BCUT2D eigenvalue weighted by Crippen LogP contribution is -2.11. The van der Waals surface area contributed by atoms with Crippen LogP contribution in [0.4, 0.5) is 0 Å². The number of fused-ring (bicyclic) bond motifs is 8. The van der Waals surface area contributed by atoms with E-state index in [1.807, 2.05) is 0 Å². The van der Waals surface area contributed by atoms with Gasteiger partial charge in [-0.05, 0) is 263 Å². The minimum absolute atomic E-state index is 0.00251. The standard InChI is InChI=1S/C56H48.C54H46/c1-56(2,3)47-31-33-51-53(36-47)55(42-25-20-39(21-26-42)45-29-22-38-14-7-8-16-44(38)34-45)50-32-30-46(37-12-5-4-6-13-37)35-52(50)54(51)43-27-23-41(24-28-43)49-19-11-17-40-15-9-10-18-48(40)49;1-53(2,3)41-29-31-48-49(33-41)51(38-25-22-36(23-26-38)40-27-24-35-14-7-8-16-39(35)32-40)47-30-28-42(54(4,5)6)34-50(47)52(48)46-20-12-11-19-45(46)44-21-13-17-37-15-9-10-18-43(37)44/h7-11,14-37H,4-6,12-13H2,1-3H3;7-34H,1-6H3. The highest BCUT2D eigenvalue weighted by molar-refractivity contribution is 6.24. The highest BCUT2D eigenvalue weighted by atomic mass is 14.3. The molecule has 0 heteroatoms. The van der Waals surface area contributed by atoms with Gasteiger partial charge in [0.1, 0.15) is 0 Å². The molecule has 1 saturated carbocycles. The molecule has 0 N–H and O–H groups in total. The first-order valence-corrected chi connectivity index (χ1v) is 39.9. The molecule has 1 aliphatic carbocycles. The normalized spacial score (nSPS) is 13.1. The number of benzene rings is 18. The third-order valence-corrected chi connectivity index (χ3v) is 24.0. The molecular formula is C110H94. The van der Waals surface area contributed by atoms with E-state index in [4.69, 9.17) is 0 Å². The van der Waals surface area contributed by atoms with Gasteiger partial charge in [-0.15, -0.1) is 0 Å². The monoisotopic (exact) mass is 1410 g/mol. The van der Waals surface area contributed by atoms with E-state index in [0.717, 1.165) is 0 Å². The van der Waals surface area contributed by atoms with E-state index in [9.17, 15) is 0 Å². The van der Waals surface area contributed by atoms with Gasteiger partial charge >= 0.3 is 0 Å². The molecule has 0 spiro atoms. The summed E-state index contributed by atoms with van der Waals surface area (Å²) in [6.45, 7) is 20.9. The molecule has 0 amide bonds. The fourth-order valence-electron chi connectivity index (χ4n) is 17.9. The lowest BCUT2D eigenvalue weighted by Gasteiger charge is -2.25. The predicted molar refractivity (Wildman–Crippen MR) is 478 cm³/mol. The van der Waals surface area contributed by atoms with Crippen molar-refractivity contribution in [1.82, 2.24) is 0 Å². The van der Waals surface area contributed by atoms with Crippen LogP contribution in [0.2, 0.25) is 0 Å². The van der Waals surface area contributed by atoms with Crippen molar-refractivity contribution in [3.63, 3.8) is 0 Å². The van der Waals surface area contributed by atoms with Crippen LogP contribution in [0.25, 0.3) is 175 Å². The third kappa shape index (κ3) is 13.1. The highest BCUT2D eigenvalue weighted by Crippen LogP contribution is 2.51. The highest BCUT2D eigenvalue weighted by Gasteiger charge is 2.27. The molecule has 0 unspecified atom stereocenters. The van der Waals surface area contributed by atoms with Crippen molar-refractivity contribution in [2.45, 2.75) is 117 Å². The molecule has 0 atom stereocenters. The molecule has 19 rings (SSSR count). The molecular weight excluding hydrogens is 1320 g/mol. The van der Waals surface area contributed by atoms with Crippen molar-refractivity contribution in [3.8, 4) is 89.0 Å². The summed E-state index contributed by atoms with van der Waals surface area (Å²) in [5.41, 5.74) is 25.8. The van der Waals surface area contributed by atoms with Crippen LogP contribution < -0.4 is 0 Å². The van der Waals surface area contributed by atoms with Crippen LogP contribution in [0.1, 0.15) is 123 Å². The van der Waals surface area contributed by atoms with E-state index in [2.05, 4.69) is 402 Å². The second-order valence-electron chi connectivity index (χ2n) is 34.1. The summed E-state index contributed by atoms with van der Waals surface area (Å²) in [5.74, 6) is 0.624. The Bertz CT molecular complexity index is 6560. The van der Waals surface area contributed by atoms with Gasteiger partial charge in [-0.2, -0.15) is 0 Å². The molecule has 18 aromatic rings. The SMILES string of the molecule is CC(C)(C)c1ccc2c(-c3ccc(-c4cccc5ccccc45)cc3)c3cc(C4CCCCC4)ccc3c(-c3ccc(-c4ccc5ccccc5c4)cc3)c2c1.CC(C)(C)c1ccc2c(-c3ccccc3-c3cccc4ccccc34)c3cc(C(C)(C)C)ccc3c(-c3ccc(-c4ccc5ccccc5c4)cc3)c2c1. The molecule has 534 valence electrons. The van der Waals surface area contributed by atoms with E-state index < -0.39 is 0 Å². The third-order valence-electron chi connectivity index (χ3n) is 24.0. The van der Waals surface area contributed by atoms with Gasteiger partial charge in [0.05, 0.1) is 0 Å². The summed E-state index contributed by atoms with van der Waals surface area (Å²) in [6, 6.07) is 128. The maximum Gasteiger partial charge on any atom is -0.00200 e. The van der Waals surface area contributed by atoms with Gasteiger partial charge in [-0.3, -0.25) is 0 Å². The Morgan fingerprint density at radius 2 is 0.518 bits per heavy atom. The zero-order valence-electron chi connectivity index (χ0n) is 64.9. The quantitative estimate of drug-likeness (QED) is 0.126. The van der Waals surface area contributed by atoms with Crippen LogP contribution in [-0.4, -0.2) is 0 Å². The fraction of sp³-hybridized carbons (Fsp3) is 0.164. The average Bonchev–Trinajstić information content (AvgIpc) is 0.725. The van der Waals surface area contributed by atoms with E-state index in [-0.39, 0.29) is 16.2 Å². The summed E-state index contributed by atoms with van der Waals surface area (Å²) in [6.07, 6.45) is 6.58. The average molecular weight is 1420 g/mol. The molecule has 18 aromatic carbocycles. The first-order valence-electron chi connectivity index (χ1n) is 39.9. The van der Waals surface area contributed by atoms with Gasteiger partial charge in [0.15, 0.2) is 0 Å². The first kappa shape index (κ1) is 69.8. The fourth-order valence-corrected chi connectivity index (χ4v) is 17.9. The topological polar surface area (TPSA) is 0 Å². The Morgan fingerprint density at radius 1 is 0.191 bits per heavy atom. The Balaban J connectivity index is 0.000000154. The van der Waals surface area contributed by atoms with E-state index in [1.54, 1.807) is 0 Å². The van der Waals surface area contributed by atoms with Gasteiger partial charge in [0, 0.05) is 0 Å². The smallest absolute Gasteiger partial charge is 0.00200 e. The molecule has 0 saturated heterocycles. The molecule has 0 aromatic heterocycles. The summed E-state index contributed by atoms with van der Waals surface area (Å²) in [4.78, 5) is 0. The molecule has 1 aliphatic rings. The van der Waals surface area contributed by atoms with Crippen LogP contribution >= 0.6 is 0 Å². The number of hydrogen-bond donors (Lipinski definition) is 0. The van der Waals surface area contributed by atoms with Crippen LogP contribution in [-0.2, 0) is 16.2 Å². The maximum absolute atomic E-state index is 2.57. The van der Waals surface area contributed by atoms with Gasteiger partial charge in [0.25, 0.3) is 0 Å². The second-order valence-corrected chi connectivity index (χ2v) is 34.1. The minimum atomic E-state index is -0.00662. The number of rotatable bonds is 9. The Kier molecular flexibility index (Phi) is 17.9. The lowest BCUT2D eigenvalue weighted by molar-refractivity contribution is 0.444. The van der Waals surface area contributed by atoms with Gasteiger partial charge in [-0.25, -0.2) is 0 Å². The van der Waals surface area contributed by atoms with Crippen LogP contribution in [0.15, 0.2) is 340 Å².